The van der Waals surface area contributed by atoms with E-state index in [4.69, 9.17) is 46.4 Å². The Balaban J connectivity index is 2.19. The lowest BCUT2D eigenvalue weighted by atomic mass is 10.2. The van der Waals surface area contributed by atoms with E-state index in [-0.39, 0.29) is 10.7 Å². The molecule has 28 heavy (non-hydrogen) atoms. The van der Waals surface area contributed by atoms with Gasteiger partial charge >= 0.3 is 6.18 Å². The molecule has 1 amide bonds. The summed E-state index contributed by atoms with van der Waals surface area (Å²) in [6.45, 7) is 0. The zero-order valence-electron chi connectivity index (χ0n) is 13.9. The number of carbonyl (C=O) groups is 1. The second-order valence-electron chi connectivity index (χ2n) is 5.56. The third kappa shape index (κ3) is 6.78. The van der Waals surface area contributed by atoms with Gasteiger partial charge in [0.15, 0.2) is 0 Å². The minimum Gasteiger partial charge on any atom is -0.361 e. The number of alkyl halides is 6. The maximum Gasteiger partial charge on any atom is 0.416 e. The van der Waals surface area contributed by atoms with Gasteiger partial charge in [-0.1, -0.05) is 76.7 Å². The highest BCUT2D eigenvalue weighted by molar-refractivity contribution is 6.68. The van der Waals surface area contributed by atoms with Crippen molar-refractivity contribution in [2.75, 3.05) is 5.32 Å². The van der Waals surface area contributed by atoms with Gasteiger partial charge in [-0.05, 0) is 29.8 Å². The third-order valence-corrected chi connectivity index (χ3v) is 4.42. The van der Waals surface area contributed by atoms with Crippen molar-refractivity contribution in [2.45, 2.75) is 16.1 Å². The second-order valence-corrected chi connectivity index (χ2v) is 8.34. The van der Waals surface area contributed by atoms with Crippen LogP contribution in [0.2, 0.25) is 5.02 Å². The minimum atomic E-state index is -4.59. The Kier molecular flexibility index (Phi) is 7.51. The molecule has 3 nitrogen and oxygen atoms in total. The first-order valence-corrected chi connectivity index (χ1v) is 9.21. The highest BCUT2D eigenvalue weighted by atomic mass is 35.6. The second kappa shape index (κ2) is 9.27. The molecule has 0 aliphatic rings. The van der Waals surface area contributed by atoms with Crippen molar-refractivity contribution >= 4 is 64.1 Å². The molecule has 2 rings (SSSR count). The molecular formula is C18H13Cl4F3N2O. The minimum absolute atomic E-state index is 0.0404. The SMILES string of the molecule is O=C(/C=C/c1ccccc1)N[C@H](Nc1cc(C(F)(F)F)ccc1Cl)C(Cl)(Cl)Cl. The molecule has 0 aromatic heterocycles. The molecule has 2 aromatic carbocycles. The summed E-state index contributed by atoms with van der Waals surface area (Å²) in [6.07, 6.45) is -3.21. The van der Waals surface area contributed by atoms with E-state index in [1.54, 1.807) is 24.3 Å². The Morgan fingerprint density at radius 1 is 1.04 bits per heavy atom. The normalized spacial score (nSPS) is 13.4. The number of halogens is 7. The number of hydrogen-bond acceptors (Lipinski definition) is 2. The van der Waals surface area contributed by atoms with Gasteiger partial charge in [-0.25, -0.2) is 0 Å². The van der Waals surface area contributed by atoms with Crippen LogP contribution >= 0.6 is 46.4 Å². The van der Waals surface area contributed by atoms with Gasteiger partial charge in [0.2, 0.25) is 9.70 Å². The fraction of sp³-hybridized carbons (Fsp3) is 0.167. The number of nitrogens with one attached hydrogen (secondary N) is 2. The van der Waals surface area contributed by atoms with Gasteiger partial charge < -0.3 is 10.6 Å². The van der Waals surface area contributed by atoms with Crippen LogP contribution < -0.4 is 10.6 Å². The van der Waals surface area contributed by atoms with Crippen LogP contribution in [0.5, 0.6) is 0 Å². The number of anilines is 1. The zero-order valence-corrected chi connectivity index (χ0v) is 16.9. The van der Waals surface area contributed by atoms with E-state index in [0.29, 0.717) is 0 Å². The van der Waals surface area contributed by atoms with Crippen LogP contribution in [-0.2, 0) is 11.0 Å². The van der Waals surface area contributed by atoms with Crippen molar-refractivity contribution in [2.24, 2.45) is 0 Å². The van der Waals surface area contributed by atoms with Gasteiger partial charge in [-0.15, -0.1) is 0 Å². The fourth-order valence-corrected chi connectivity index (χ4v) is 2.59. The average Bonchev–Trinajstić information content (AvgIpc) is 2.60. The lowest BCUT2D eigenvalue weighted by Gasteiger charge is -2.27. The summed E-state index contributed by atoms with van der Waals surface area (Å²) >= 11 is 23.5. The number of carbonyl (C=O) groups excluding carboxylic acids is 1. The summed E-state index contributed by atoms with van der Waals surface area (Å²) in [5, 5.41) is 4.88. The van der Waals surface area contributed by atoms with Crippen molar-refractivity contribution in [3.63, 3.8) is 0 Å². The summed E-state index contributed by atoms with van der Waals surface area (Å²) in [5.74, 6) is -0.629. The molecule has 0 saturated heterocycles. The third-order valence-electron chi connectivity index (χ3n) is 3.43. The van der Waals surface area contributed by atoms with Gasteiger partial charge in [0, 0.05) is 6.08 Å². The predicted octanol–water partition coefficient (Wildman–Crippen LogP) is 6.30. The highest BCUT2D eigenvalue weighted by Gasteiger charge is 2.35. The maximum atomic E-state index is 12.9. The highest BCUT2D eigenvalue weighted by Crippen LogP contribution is 2.36. The van der Waals surface area contributed by atoms with Gasteiger partial charge in [-0.3, -0.25) is 4.79 Å². The van der Waals surface area contributed by atoms with Gasteiger partial charge in [-0.2, -0.15) is 13.2 Å². The van der Waals surface area contributed by atoms with E-state index in [0.717, 1.165) is 23.8 Å². The van der Waals surface area contributed by atoms with Gasteiger partial charge in [0.05, 0.1) is 16.3 Å². The number of rotatable bonds is 5. The standard InChI is InChI=1S/C18H13Cl4F3N2O/c19-13-8-7-12(18(23,24)25)10-14(13)26-16(17(20,21)22)27-15(28)9-6-11-4-2-1-3-5-11/h1-10,16,26H,(H,27,28)/b9-6+/t16-/m0/s1. The molecule has 2 aromatic rings. The first kappa shape index (κ1) is 22.7. The van der Waals surface area contributed by atoms with E-state index in [2.05, 4.69) is 10.6 Å². The molecule has 0 spiro atoms. The summed E-state index contributed by atoms with van der Waals surface area (Å²) < 4.78 is 36.7. The lowest BCUT2D eigenvalue weighted by molar-refractivity contribution is -0.137. The molecule has 10 heteroatoms. The van der Waals surface area contributed by atoms with Gasteiger partial charge in [0.25, 0.3) is 0 Å². The van der Waals surface area contributed by atoms with Crippen molar-refractivity contribution in [3.05, 3.63) is 70.8 Å². The number of hydrogen-bond donors (Lipinski definition) is 2. The van der Waals surface area contributed by atoms with Crippen LogP contribution in [0.3, 0.4) is 0 Å². The summed E-state index contributed by atoms with van der Waals surface area (Å²) in [5.41, 5.74) is -0.338. The van der Waals surface area contributed by atoms with Crippen molar-refractivity contribution < 1.29 is 18.0 Å². The molecule has 150 valence electrons. The van der Waals surface area contributed by atoms with Crippen molar-refractivity contribution in [1.29, 1.82) is 0 Å². The van der Waals surface area contributed by atoms with Crippen LogP contribution in [0.4, 0.5) is 18.9 Å². The largest absolute Gasteiger partial charge is 0.416 e. The van der Waals surface area contributed by atoms with E-state index in [9.17, 15) is 18.0 Å². The Bertz CT molecular complexity index is 852. The molecule has 0 saturated carbocycles. The van der Waals surface area contributed by atoms with Crippen LogP contribution in [0.1, 0.15) is 11.1 Å². The fourth-order valence-electron chi connectivity index (χ4n) is 2.09. The molecule has 0 aliphatic heterocycles. The monoisotopic (exact) mass is 470 g/mol. The van der Waals surface area contributed by atoms with E-state index in [1.165, 1.54) is 12.2 Å². The van der Waals surface area contributed by atoms with Crippen LogP contribution in [0, 0.1) is 0 Å². The Hall–Kier alpha value is -1.60. The average molecular weight is 472 g/mol. The zero-order chi connectivity index (χ0) is 20.9. The molecule has 0 heterocycles. The summed E-state index contributed by atoms with van der Waals surface area (Å²) in [4.78, 5) is 12.1. The van der Waals surface area contributed by atoms with Crippen LogP contribution in [0.15, 0.2) is 54.6 Å². The summed E-state index contributed by atoms with van der Waals surface area (Å²) in [6, 6.07) is 11.6. The Labute approximate surface area is 179 Å². The Morgan fingerprint density at radius 2 is 1.68 bits per heavy atom. The van der Waals surface area contributed by atoms with E-state index < -0.39 is 27.6 Å². The van der Waals surface area contributed by atoms with E-state index in [1.807, 2.05) is 6.07 Å². The first-order valence-electron chi connectivity index (χ1n) is 7.70. The molecular weight excluding hydrogens is 459 g/mol. The van der Waals surface area contributed by atoms with Crippen molar-refractivity contribution in [3.8, 4) is 0 Å². The summed E-state index contributed by atoms with van der Waals surface area (Å²) in [7, 11) is 0. The molecule has 0 bridgehead atoms. The van der Waals surface area contributed by atoms with Crippen molar-refractivity contribution in [1.82, 2.24) is 5.32 Å². The number of benzene rings is 2. The maximum absolute atomic E-state index is 12.9. The molecule has 1 atom stereocenters. The molecule has 0 radical (unpaired) electrons. The number of amides is 1. The Morgan fingerprint density at radius 3 is 2.25 bits per heavy atom. The predicted molar refractivity (Wildman–Crippen MR) is 108 cm³/mol. The van der Waals surface area contributed by atoms with E-state index >= 15 is 0 Å². The first-order chi connectivity index (χ1) is 13.0. The van der Waals surface area contributed by atoms with Crippen LogP contribution in [0.25, 0.3) is 6.08 Å². The molecule has 0 unspecified atom stereocenters. The van der Waals surface area contributed by atoms with Crippen LogP contribution in [-0.4, -0.2) is 15.9 Å². The van der Waals surface area contributed by atoms with Gasteiger partial charge in [0.1, 0.15) is 6.17 Å². The lowest BCUT2D eigenvalue weighted by Crippen LogP contribution is -2.48. The molecule has 0 fully saturated rings. The quantitative estimate of drug-likeness (QED) is 0.305. The molecule has 0 aliphatic carbocycles. The topological polar surface area (TPSA) is 41.1 Å². The molecule has 2 N–H and O–H groups in total. The smallest absolute Gasteiger partial charge is 0.361 e.